The Morgan fingerprint density at radius 2 is 2.10 bits per heavy atom. The van der Waals surface area contributed by atoms with Gasteiger partial charge in [-0.3, -0.25) is 0 Å². The number of hydrogen-bond donors (Lipinski definition) is 0. The van der Waals surface area contributed by atoms with Crippen LogP contribution in [0.1, 0.15) is 12.3 Å². The number of aromatic nitrogens is 5. The first-order valence-corrected chi connectivity index (χ1v) is 11.2. The lowest BCUT2D eigenvalue weighted by Crippen LogP contribution is -2.05. The number of halogens is 1. The van der Waals surface area contributed by atoms with Crippen molar-refractivity contribution in [3.05, 3.63) is 52.7 Å². The Bertz CT molecular complexity index is 1060. The molecule has 0 radical (unpaired) electrons. The van der Waals surface area contributed by atoms with Crippen LogP contribution in [0.3, 0.4) is 0 Å². The lowest BCUT2D eigenvalue weighted by molar-refractivity contribution is 0.189. The monoisotopic (exact) mass is 447 g/mol. The second-order valence-electron chi connectivity index (χ2n) is 6.06. The summed E-state index contributed by atoms with van der Waals surface area (Å²) in [4.78, 5) is 5.45. The molecule has 0 saturated carbocycles. The van der Waals surface area contributed by atoms with Crippen molar-refractivity contribution < 1.29 is 9.26 Å². The van der Waals surface area contributed by atoms with E-state index in [1.165, 1.54) is 11.8 Å². The van der Waals surface area contributed by atoms with E-state index in [1.54, 1.807) is 18.4 Å². The Morgan fingerprint density at radius 3 is 2.90 bits per heavy atom. The van der Waals surface area contributed by atoms with E-state index in [2.05, 4.69) is 24.9 Å². The fraction of sp³-hybridized carbons (Fsp3) is 0.263. The standard InChI is InChI=1S/C19H18ClN5O2S2/c1-26-10-5-9-25-18(13-6-2-3-7-14(13)20)22-23-19(25)29-12-16-21-17(24-27-16)15-8-4-11-28-15/h2-4,6-8,11H,5,9-10,12H2,1H3. The number of rotatable bonds is 9. The molecule has 4 rings (SSSR count). The number of hydrogen-bond acceptors (Lipinski definition) is 8. The third-order valence-corrected chi connectivity index (χ3v) is 6.24. The Morgan fingerprint density at radius 1 is 1.21 bits per heavy atom. The number of thioether (sulfide) groups is 1. The minimum Gasteiger partial charge on any atom is -0.385 e. The van der Waals surface area contributed by atoms with E-state index in [9.17, 15) is 0 Å². The molecule has 0 bridgehead atoms. The van der Waals surface area contributed by atoms with Gasteiger partial charge in [-0.25, -0.2) is 0 Å². The summed E-state index contributed by atoms with van der Waals surface area (Å²) >= 11 is 9.46. The summed E-state index contributed by atoms with van der Waals surface area (Å²) in [6.45, 7) is 1.37. The van der Waals surface area contributed by atoms with Crippen molar-refractivity contribution in [2.75, 3.05) is 13.7 Å². The third-order valence-electron chi connectivity index (χ3n) is 4.10. The van der Waals surface area contributed by atoms with Crippen LogP contribution in [0.15, 0.2) is 51.5 Å². The zero-order valence-corrected chi connectivity index (χ0v) is 18.0. The Hall–Kier alpha value is -2.20. The maximum Gasteiger partial charge on any atom is 0.237 e. The van der Waals surface area contributed by atoms with E-state index in [4.69, 9.17) is 20.9 Å². The number of benzene rings is 1. The number of methoxy groups -OCH3 is 1. The van der Waals surface area contributed by atoms with E-state index in [1.807, 2.05) is 41.8 Å². The smallest absolute Gasteiger partial charge is 0.237 e. The van der Waals surface area contributed by atoms with Crippen molar-refractivity contribution in [1.29, 1.82) is 0 Å². The molecule has 1 aromatic carbocycles. The van der Waals surface area contributed by atoms with E-state index in [-0.39, 0.29) is 0 Å². The van der Waals surface area contributed by atoms with E-state index >= 15 is 0 Å². The molecule has 150 valence electrons. The zero-order valence-electron chi connectivity index (χ0n) is 15.6. The molecule has 0 saturated heterocycles. The first kappa shape index (κ1) is 20.1. The van der Waals surface area contributed by atoms with Crippen LogP contribution in [0.2, 0.25) is 5.02 Å². The second kappa shape index (κ2) is 9.53. The van der Waals surface area contributed by atoms with Gasteiger partial charge in [-0.1, -0.05) is 46.7 Å². The highest BCUT2D eigenvalue weighted by Crippen LogP contribution is 2.31. The molecule has 0 spiro atoms. The van der Waals surface area contributed by atoms with Gasteiger partial charge in [0.25, 0.3) is 0 Å². The van der Waals surface area contributed by atoms with Gasteiger partial charge in [0, 0.05) is 25.8 Å². The van der Waals surface area contributed by atoms with Crippen molar-refractivity contribution in [2.45, 2.75) is 23.9 Å². The lowest BCUT2D eigenvalue weighted by Gasteiger charge is -2.10. The molecule has 0 unspecified atom stereocenters. The molecule has 3 heterocycles. The summed E-state index contributed by atoms with van der Waals surface area (Å²) in [5.74, 6) is 2.39. The van der Waals surface area contributed by atoms with Crippen molar-refractivity contribution in [1.82, 2.24) is 24.9 Å². The van der Waals surface area contributed by atoms with Gasteiger partial charge >= 0.3 is 0 Å². The molecule has 0 aliphatic rings. The van der Waals surface area contributed by atoms with Gasteiger partial charge in [0.1, 0.15) is 0 Å². The summed E-state index contributed by atoms with van der Waals surface area (Å²) in [6, 6.07) is 11.6. The molecule has 0 amide bonds. The molecule has 0 aliphatic carbocycles. The van der Waals surface area contributed by atoms with Gasteiger partial charge in [0.15, 0.2) is 11.0 Å². The fourth-order valence-corrected chi connectivity index (χ4v) is 4.42. The second-order valence-corrected chi connectivity index (χ2v) is 8.36. The highest BCUT2D eigenvalue weighted by Gasteiger charge is 2.18. The number of nitrogens with zero attached hydrogens (tertiary/aromatic N) is 5. The van der Waals surface area contributed by atoms with Gasteiger partial charge < -0.3 is 13.8 Å². The first-order chi connectivity index (χ1) is 14.3. The lowest BCUT2D eigenvalue weighted by atomic mass is 10.2. The van der Waals surface area contributed by atoms with Crippen LogP contribution in [0.25, 0.3) is 22.1 Å². The first-order valence-electron chi connectivity index (χ1n) is 8.92. The average Bonchev–Trinajstić information content (AvgIpc) is 3.48. The maximum absolute atomic E-state index is 6.38. The van der Waals surface area contributed by atoms with E-state index in [0.717, 1.165) is 27.8 Å². The van der Waals surface area contributed by atoms with Crippen LogP contribution in [0.4, 0.5) is 0 Å². The highest BCUT2D eigenvalue weighted by molar-refractivity contribution is 7.98. The molecule has 3 aromatic heterocycles. The van der Waals surface area contributed by atoms with Crippen molar-refractivity contribution in [2.24, 2.45) is 0 Å². The molecular formula is C19H18ClN5O2S2. The normalized spacial score (nSPS) is 11.2. The van der Waals surface area contributed by atoms with Gasteiger partial charge in [-0.05, 0) is 30.0 Å². The highest BCUT2D eigenvalue weighted by atomic mass is 35.5. The van der Waals surface area contributed by atoms with Gasteiger partial charge in [0.2, 0.25) is 11.7 Å². The Balaban J connectivity index is 1.54. The average molecular weight is 448 g/mol. The minimum absolute atomic E-state index is 0.503. The van der Waals surface area contributed by atoms with Crippen LogP contribution in [0, 0.1) is 0 Å². The van der Waals surface area contributed by atoms with Crippen LogP contribution in [0.5, 0.6) is 0 Å². The fourth-order valence-electron chi connectivity index (χ4n) is 2.75. The van der Waals surface area contributed by atoms with Gasteiger partial charge in [-0.15, -0.1) is 21.5 Å². The number of ether oxygens (including phenoxy) is 1. The molecule has 0 aliphatic heterocycles. The summed E-state index contributed by atoms with van der Waals surface area (Å²) in [5.41, 5.74) is 0.851. The molecular weight excluding hydrogens is 430 g/mol. The Labute approximate surface area is 181 Å². The summed E-state index contributed by atoms with van der Waals surface area (Å²) in [6.07, 6.45) is 0.836. The van der Waals surface area contributed by atoms with Gasteiger partial charge in [-0.2, -0.15) is 4.98 Å². The van der Waals surface area contributed by atoms with Crippen LogP contribution >= 0.6 is 34.7 Å². The summed E-state index contributed by atoms with van der Waals surface area (Å²) in [7, 11) is 1.69. The van der Waals surface area contributed by atoms with Crippen molar-refractivity contribution in [3.63, 3.8) is 0 Å². The quantitative estimate of drug-likeness (QED) is 0.262. The SMILES string of the molecule is COCCCn1c(SCc2nc(-c3cccs3)no2)nnc1-c1ccccc1Cl. The largest absolute Gasteiger partial charge is 0.385 e. The predicted octanol–water partition coefficient (Wildman–Crippen LogP) is 5.04. The van der Waals surface area contributed by atoms with Crippen LogP contribution < -0.4 is 0 Å². The molecule has 29 heavy (non-hydrogen) atoms. The minimum atomic E-state index is 0.503. The van der Waals surface area contributed by atoms with Crippen molar-refractivity contribution in [3.8, 4) is 22.1 Å². The van der Waals surface area contributed by atoms with E-state index < -0.39 is 0 Å². The topological polar surface area (TPSA) is 78.9 Å². The number of thiophene rings is 1. The summed E-state index contributed by atoms with van der Waals surface area (Å²) < 4.78 is 12.6. The van der Waals surface area contributed by atoms with E-state index in [0.29, 0.717) is 35.6 Å². The zero-order chi connectivity index (χ0) is 20.1. The van der Waals surface area contributed by atoms with Crippen molar-refractivity contribution >= 4 is 34.7 Å². The molecule has 0 fully saturated rings. The Kier molecular flexibility index (Phi) is 6.60. The molecule has 4 aromatic rings. The predicted molar refractivity (Wildman–Crippen MR) is 114 cm³/mol. The summed E-state index contributed by atoms with van der Waals surface area (Å²) in [5, 5.41) is 16.2. The van der Waals surface area contributed by atoms with Gasteiger partial charge in [0.05, 0.1) is 15.7 Å². The maximum atomic E-state index is 6.38. The molecule has 0 atom stereocenters. The van der Waals surface area contributed by atoms with Crippen LogP contribution in [-0.2, 0) is 17.0 Å². The van der Waals surface area contributed by atoms with Crippen LogP contribution in [-0.4, -0.2) is 38.6 Å². The molecule has 0 N–H and O–H groups in total. The molecule has 7 nitrogen and oxygen atoms in total. The third kappa shape index (κ3) is 4.69. The molecule has 10 heteroatoms.